The van der Waals surface area contributed by atoms with Gasteiger partial charge in [-0.15, -0.1) is 0 Å². The van der Waals surface area contributed by atoms with Crippen molar-refractivity contribution in [3.63, 3.8) is 0 Å². The van der Waals surface area contributed by atoms with E-state index in [1.165, 1.54) is 0 Å². The van der Waals surface area contributed by atoms with Gasteiger partial charge >= 0.3 is 0 Å². The highest BCUT2D eigenvalue weighted by Crippen LogP contribution is 2.29. The Labute approximate surface area is 152 Å². The van der Waals surface area contributed by atoms with Gasteiger partial charge in [-0.1, -0.05) is 18.5 Å². The molecule has 1 aromatic carbocycles. The van der Waals surface area contributed by atoms with E-state index in [4.69, 9.17) is 16.3 Å². The summed E-state index contributed by atoms with van der Waals surface area (Å²) in [7, 11) is 1.58. The highest BCUT2D eigenvalue weighted by molar-refractivity contribution is 6.31. The summed E-state index contributed by atoms with van der Waals surface area (Å²) in [5, 5.41) is 3.64. The van der Waals surface area contributed by atoms with E-state index in [9.17, 15) is 4.79 Å². The number of anilines is 2. The van der Waals surface area contributed by atoms with Gasteiger partial charge in [0, 0.05) is 30.5 Å². The van der Waals surface area contributed by atoms with Crippen molar-refractivity contribution in [1.29, 1.82) is 0 Å². The maximum absolute atomic E-state index is 12.5. The van der Waals surface area contributed by atoms with Crippen LogP contribution in [-0.2, 0) is 0 Å². The molecule has 0 atom stereocenters. The molecule has 1 aromatic heterocycles. The van der Waals surface area contributed by atoms with Crippen molar-refractivity contribution in [3.05, 3.63) is 41.2 Å². The molecular formula is C18H21ClN4O2. The fourth-order valence-electron chi connectivity index (χ4n) is 2.80. The monoisotopic (exact) mass is 360 g/mol. The molecule has 7 heteroatoms. The van der Waals surface area contributed by atoms with Crippen molar-refractivity contribution in [3.8, 4) is 5.75 Å². The Hall–Kier alpha value is -2.34. The zero-order chi connectivity index (χ0) is 17.8. The van der Waals surface area contributed by atoms with Crippen LogP contribution in [0.5, 0.6) is 5.75 Å². The quantitative estimate of drug-likeness (QED) is 0.899. The third-order valence-corrected chi connectivity index (χ3v) is 4.61. The summed E-state index contributed by atoms with van der Waals surface area (Å²) in [5.41, 5.74) is 1.16. The smallest absolute Gasteiger partial charge is 0.256 e. The van der Waals surface area contributed by atoms with Gasteiger partial charge in [-0.3, -0.25) is 4.79 Å². The number of halogens is 1. The van der Waals surface area contributed by atoms with Gasteiger partial charge in [0.05, 0.1) is 18.4 Å². The van der Waals surface area contributed by atoms with Gasteiger partial charge in [0.15, 0.2) is 0 Å². The molecular weight excluding hydrogens is 340 g/mol. The van der Waals surface area contributed by atoms with Gasteiger partial charge in [0.2, 0.25) is 5.95 Å². The molecule has 3 rings (SSSR count). The van der Waals surface area contributed by atoms with E-state index in [1.54, 1.807) is 37.7 Å². The lowest BCUT2D eigenvalue weighted by molar-refractivity contribution is 0.0696. The van der Waals surface area contributed by atoms with Crippen molar-refractivity contribution >= 4 is 29.1 Å². The highest BCUT2D eigenvalue weighted by Gasteiger charge is 2.21. The van der Waals surface area contributed by atoms with Crippen molar-refractivity contribution < 1.29 is 9.53 Å². The molecule has 1 N–H and O–H groups in total. The molecule has 2 aromatic rings. The summed E-state index contributed by atoms with van der Waals surface area (Å²) < 4.78 is 5.28. The topological polar surface area (TPSA) is 67.3 Å². The van der Waals surface area contributed by atoms with E-state index < -0.39 is 0 Å². The molecule has 1 fully saturated rings. The second-order valence-corrected chi connectivity index (χ2v) is 6.68. The van der Waals surface area contributed by atoms with E-state index >= 15 is 0 Å². The number of likely N-dealkylation sites (tertiary alicyclic amines) is 1. The van der Waals surface area contributed by atoms with Crippen LogP contribution < -0.4 is 10.1 Å². The summed E-state index contributed by atoms with van der Waals surface area (Å²) >= 11 is 6.02. The number of methoxy groups -OCH3 is 1. The number of carbonyl (C=O) groups excluding carboxylic acids is 1. The summed E-state index contributed by atoms with van der Waals surface area (Å²) in [6.45, 7) is 3.80. The lowest BCUT2D eigenvalue weighted by Gasteiger charge is -2.30. The normalized spacial score (nSPS) is 15.1. The molecule has 0 aliphatic carbocycles. The number of rotatable bonds is 4. The molecule has 0 radical (unpaired) electrons. The van der Waals surface area contributed by atoms with Gasteiger partial charge in [-0.25, -0.2) is 9.97 Å². The molecule has 1 aliphatic heterocycles. The zero-order valence-corrected chi connectivity index (χ0v) is 15.1. The number of carbonyl (C=O) groups is 1. The molecule has 132 valence electrons. The molecule has 0 unspecified atom stereocenters. The first-order chi connectivity index (χ1) is 12.1. The Bertz CT molecular complexity index is 743. The van der Waals surface area contributed by atoms with Crippen molar-refractivity contribution in [2.24, 2.45) is 5.92 Å². The number of nitrogens with one attached hydrogen (secondary N) is 1. The van der Waals surface area contributed by atoms with Gasteiger partial charge in [-0.05, 0) is 37.0 Å². The van der Waals surface area contributed by atoms with E-state index in [1.807, 2.05) is 4.90 Å². The van der Waals surface area contributed by atoms with Crippen LogP contribution >= 0.6 is 11.6 Å². The second-order valence-electron chi connectivity index (χ2n) is 6.24. The van der Waals surface area contributed by atoms with E-state index in [0.717, 1.165) is 25.9 Å². The molecule has 0 saturated carbocycles. The van der Waals surface area contributed by atoms with Crippen LogP contribution in [0.4, 0.5) is 11.6 Å². The summed E-state index contributed by atoms with van der Waals surface area (Å²) in [6, 6.07) is 5.24. The Morgan fingerprint density at radius 2 is 1.96 bits per heavy atom. The van der Waals surface area contributed by atoms with E-state index in [2.05, 4.69) is 22.2 Å². The maximum Gasteiger partial charge on any atom is 0.256 e. The number of hydrogen-bond donors (Lipinski definition) is 1. The molecule has 6 nitrogen and oxygen atoms in total. The number of piperidine rings is 1. The molecule has 1 amide bonds. The number of aromatic nitrogens is 2. The van der Waals surface area contributed by atoms with Crippen molar-refractivity contribution in [2.75, 3.05) is 25.5 Å². The average Bonchev–Trinajstić information content (AvgIpc) is 2.63. The number of nitrogens with zero attached hydrogens (tertiary/aromatic N) is 3. The predicted octanol–water partition coefficient (Wildman–Crippen LogP) is 3.75. The van der Waals surface area contributed by atoms with Gasteiger partial charge < -0.3 is 15.0 Å². The molecule has 0 spiro atoms. The number of amides is 1. The lowest BCUT2D eigenvalue weighted by Crippen LogP contribution is -2.38. The summed E-state index contributed by atoms with van der Waals surface area (Å²) in [5.74, 6) is 1.68. The van der Waals surface area contributed by atoms with E-state index in [-0.39, 0.29) is 5.91 Å². The minimum atomic E-state index is -0.0150. The predicted molar refractivity (Wildman–Crippen MR) is 97.6 cm³/mol. The Morgan fingerprint density at radius 1 is 1.28 bits per heavy atom. The standard InChI is InChI=1S/C18H21ClN4O2/c1-12-5-7-23(8-6-12)17(24)13-10-20-18(21-11-13)22-15-9-14(19)3-4-16(15)25-2/h3-4,9-12H,5-8H2,1-2H3,(H,20,21,22). The summed E-state index contributed by atoms with van der Waals surface area (Å²) in [6.07, 6.45) is 5.18. The molecule has 2 heterocycles. The largest absolute Gasteiger partial charge is 0.495 e. The van der Waals surface area contributed by atoms with Gasteiger partial charge in [-0.2, -0.15) is 0 Å². The van der Waals surface area contributed by atoms with Crippen LogP contribution in [0.15, 0.2) is 30.6 Å². The minimum Gasteiger partial charge on any atom is -0.495 e. The second kappa shape index (κ2) is 7.70. The lowest BCUT2D eigenvalue weighted by atomic mass is 9.99. The molecule has 1 aliphatic rings. The van der Waals surface area contributed by atoms with Crippen LogP contribution in [0.25, 0.3) is 0 Å². The Morgan fingerprint density at radius 3 is 2.60 bits per heavy atom. The Balaban J connectivity index is 1.70. The first-order valence-corrected chi connectivity index (χ1v) is 8.66. The maximum atomic E-state index is 12.5. The summed E-state index contributed by atoms with van der Waals surface area (Å²) in [4.78, 5) is 22.9. The van der Waals surface area contributed by atoms with Crippen LogP contribution in [0, 0.1) is 5.92 Å². The average molecular weight is 361 g/mol. The number of hydrogen-bond acceptors (Lipinski definition) is 5. The van der Waals surface area contributed by atoms with Crippen molar-refractivity contribution in [2.45, 2.75) is 19.8 Å². The number of benzene rings is 1. The SMILES string of the molecule is COc1ccc(Cl)cc1Nc1ncc(C(=O)N2CCC(C)CC2)cn1. The van der Waals surface area contributed by atoms with Crippen LogP contribution in [0.2, 0.25) is 5.02 Å². The van der Waals surface area contributed by atoms with Crippen molar-refractivity contribution in [1.82, 2.24) is 14.9 Å². The number of ether oxygens (including phenoxy) is 1. The third kappa shape index (κ3) is 4.20. The minimum absolute atomic E-state index is 0.0150. The first kappa shape index (κ1) is 17.5. The van der Waals surface area contributed by atoms with Crippen LogP contribution in [0.3, 0.4) is 0 Å². The molecule has 1 saturated heterocycles. The molecule has 25 heavy (non-hydrogen) atoms. The van der Waals surface area contributed by atoms with Gasteiger partial charge in [0.1, 0.15) is 5.75 Å². The first-order valence-electron chi connectivity index (χ1n) is 8.28. The van der Waals surface area contributed by atoms with Gasteiger partial charge in [0.25, 0.3) is 5.91 Å². The fourth-order valence-corrected chi connectivity index (χ4v) is 2.97. The third-order valence-electron chi connectivity index (χ3n) is 4.38. The molecule has 0 bridgehead atoms. The Kier molecular flexibility index (Phi) is 5.38. The fraction of sp³-hybridized carbons (Fsp3) is 0.389. The van der Waals surface area contributed by atoms with Crippen LogP contribution in [0.1, 0.15) is 30.1 Å². The highest BCUT2D eigenvalue weighted by atomic mass is 35.5. The van der Waals surface area contributed by atoms with Crippen LogP contribution in [-0.4, -0.2) is 41.0 Å². The van der Waals surface area contributed by atoms with E-state index in [0.29, 0.717) is 33.9 Å². The zero-order valence-electron chi connectivity index (χ0n) is 14.3.